The van der Waals surface area contributed by atoms with Crippen molar-refractivity contribution in [3.05, 3.63) is 70.4 Å². The van der Waals surface area contributed by atoms with Gasteiger partial charge in [-0.25, -0.2) is 0 Å². The smallest absolute Gasteiger partial charge is 0.488 e. The number of nitrogens with one attached hydrogen (secondary N) is 1. The maximum absolute atomic E-state index is 14.1. The Kier molecular flexibility index (Phi) is 6.91. The predicted molar refractivity (Wildman–Crippen MR) is 156 cm³/mol. The van der Waals surface area contributed by atoms with Crippen LogP contribution in [0.25, 0.3) is 44.0 Å². The standard InChI is InChI=1S/C31H28FN3O5S/c1-2-3-13-39-28-17-25-27(16-24(28)20-7-6-10-22(15-20)40-41(32,37)38)35(21-8-4-5-9-21)31-29(30(25)36)23-12-11-19(18-33)14-26(23)34-31/h6-7,10-12,14-17,21,34H,2-5,8-9,13H2,1H3. The molecule has 0 bridgehead atoms. The minimum atomic E-state index is -5.21. The summed E-state index contributed by atoms with van der Waals surface area (Å²) in [6.07, 6.45) is 5.76. The lowest BCUT2D eigenvalue weighted by atomic mass is 10.00. The van der Waals surface area contributed by atoms with E-state index in [0.717, 1.165) is 49.4 Å². The van der Waals surface area contributed by atoms with Crippen molar-refractivity contribution in [2.24, 2.45) is 0 Å². The quantitative estimate of drug-likeness (QED) is 0.157. The van der Waals surface area contributed by atoms with E-state index in [1.165, 1.54) is 12.1 Å². The van der Waals surface area contributed by atoms with Crippen molar-refractivity contribution in [3.8, 4) is 28.7 Å². The summed E-state index contributed by atoms with van der Waals surface area (Å²) >= 11 is 0. The van der Waals surface area contributed by atoms with Gasteiger partial charge in [0.2, 0.25) is 0 Å². The van der Waals surface area contributed by atoms with Crippen molar-refractivity contribution in [2.45, 2.75) is 51.5 Å². The Labute approximate surface area is 236 Å². The fourth-order valence-electron chi connectivity index (χ4n) is 5.91. The molecule has 10 heteroatoms. The summed E-state index contributed by atoms with van der Waals surface area (Å²) in [4.78, 5) is 17.6. The monoisotopic (exact) mass is 573 g/mol. The number of fused-ring (bicyclic) bond motifs is 4. The van der Waals surface area contributed by atoms with Crippen LogP contribution in [0, 0.1) is 11.3 Å². The Morgan fingerprint density at radius 2 is 1.90 bits per heavy atom. The van der Waals surface area contributed by atoms with Crippen LogP contribution in [0.3, 0.4) is 0 Å². The summed E-state index contributed by atoms with van der Waals surface area (Å²) in [5.41, 5.74) is 3.67. The van der Waals surface area contributed by atoms with Gasteiger partial charge in [0, 0.05) is 22.5 Å². The fourth-order valence-corrected chi connectivity index (χ4v) is 6.25. The van der Waals surface area contributed by atoms with Gasteiger partial charge < -0.3 is 18.5 Å². The number of H-pyrrole nitrogens is 1. The van der Waals surface area contributed by atoms with E-state index in [9.17, 15) is 22.4 Å². The minimum Gasteiger partial charge on any atom is -0.493 e. The van der Waals surface area contributed by atoms with Crippen LogP contribution in [-0.2, 0) is 10.5 Å². The van der Waals surface area contributed by atoms with Crippen LogP contribution in [0.2, 0.25) is 0 Å². The van der Waals surface area contributed by atoms with E-state index >= 15 is 0 Å². The molecule has 6 rings (SSSR count). The highest BCUT2D eigenvalue weighted by Crippen LogP contribution is 2.40. The zero-order valence-electron chi connectivity index (χ0n) is 22.4. The maximum atomic E-state index is 14.1. The molecule has 5 aromatic rings. The van der Waals surface area contributed by atoms with E-state index in [-0.39, 0.29) is 17.2 Å². The third-order valence-corrected chi connectivity index (χ3v) is 8.16. The van der Waals surface area contributed by atoms with E-state index in [0.29, 0.717) is 51.0 Å². The van der Waals surface area contributed by atoms with Crippen LogP contribution in [0.1, 0.15) is 57.1 Å². The van der Waals surface area contributed by atoms with Gasteiger partial charge in [0.1, 0.15) is 17.1 Å². The molecule has 0 spiro atoms. The van der Waals surface area contributed by atoms with Gasteiger partial charge in [-0.3, -0.25) is 4.79 Å². The molecule has 1 aliphatic carbocycles. The summed E-state index contributed by atoms with van der Waals surface area (Å²) < 4.78 is 48.5. The third kappa shape index (κ3) is 5.02. The number of aromatic nitrogens is 2. The van der Waals surface area contributed by atoms with Crippen molar-refractivity contribution in [1.29, 1.82) is 5.26 Å². The molecule has 1 aliphatic rings. The number of nitrogens with zero attached hydrogens (tertiary/aromatic N) is 2. The van der Waals surface area contributed by atoms with Crippen LogP contribution in [0.5, 0.6) is 11.5 Å². The first kappa shape index (κ1) is 26.8. The van der Waals surface area contributed by atoms with Gasteiger partial charge in [-0.15, -0.1) is 0 Å². The molecule has 0 unspecified atom stereocenters. The van der Waals surface area contributed by atoms with Gasteiger partial charge in [-0.05, 0) is 61.2 Å². The van der Waals surface area contributed by atoms with Crippen molar-refractivity contribution in [3.63, 3.8) is 0 Å². The summed E-state index contributed by atoms with van der Waals surface area (Å²) in [7, 11) is -5.21. The second-order valence-corrected chi connectivity index (χ2v) is 11.4. The number of hydrogen-bond donors (Lipinski definition) is 1. The van der Waals surface area contributed by atoms with Crippen molar-refractivity contribution in [1.82, 2.24) is 9.55 Å². The van der Waals surface area contributed by atoms with Crippen LogP contribution < -0.4 is 14.3 Å². The molecule has 2 heterocycles. The lowest BCUT2D eigenvalue weighted by Gasteiger charge is -2.21. The Hall–Kier alpha value is -4.36. The molecule has 0 saturated heterocycles. The van der Waals surface area contributed by atoms with E-state index in [4.69, 9.17) is 4.74 Å². The molecule has 1 N–H and O–H groups in total. The molecule has 0 aliphatic heterocycles. The number of nitriles is 1. The molecular weight excluding hydrogens is 545 g/mol. The summed E-state index contributed by atoms with van der Waals surface area (Å²) in [5, 5.41) is 11.3. The van der Waals surface area contributed by atoms with Crippen LogP contribution in [0.4, 0.5) is 3.89 Å². The molecule has 3 aromatic carbocycles. The van der Waals surface area contributed by atoms with Gasteiger partial charge in [0.25, 0.3) is 0 Å². The largest absolute Gasteiger partial charge is 0.493 e. The first-order valence-electron chi connectivity index (χ1n) is 13.7. The van der Waals surface area contributed by atoms with Gasteiger partial charge >= 0.3 is 10.5 Å². The highest BCUT2D eigenvalue weighted by atomic mass is 32.3. The third-order valence-electron chi connectivity index (χ3n) is 7.76. The van der Waals surface area contributed by atoms with E-state index in [1.54, 1.807) is 30.3 Å². The number of ether oxygens (including phenoxy) is 1. The zero-order chi connectivity index (χ0) is 28.7. The van der Waals surface area contributed by atoms with Crippen molar-refractivity contribution < 1.29 is 21.2 Å². The van der Waals surface area contributed by atoms with Gasteiger partial charge in [-0.2, -0.15) is 13.7 Å². The first-order chi connectivity index (χ1) is 19.8. The number of halogens is 1. The van der Waals surface area contributed by atoms with Crippen LogP contribution in [-0.4, -0.2) is 24.6 Å². The van der Waals surface area contributed by atoms with E-state index in [2.05, 4.69) is 26.7 Å². The minimum absolute atomic E-state index is 0.146. The Bertz CT molecular complexity index is 2020. The molecule has 0 radical (unpaired) electrons. The van der Waals surface area contributed by atoms with Crippen molar-refractivity contribution >= 4 is 43.3 Å². The van der Waals surface area contributed by atoms with Crippen LogP contribution in [0.15, 0.2) is 59.4 Å². The average Bonchev–Trinajstić information content (AvgIpc) is 3.60. The lowest BCUT2D eigenvalue weighted by Crippen LogP contribution is -2.15. The zero-order valence-corrected chi connectivity index (χ0v) is 23.3. The molecular formula is C31H28FN3O5S. The second-order valence-electron chi connectivity index (χ2n) is 10.4. The Morgan fingerprint density at radius 1 is 1.10 bits per heavy atom. The lowest BCUT2D eigenvalue weighted by molar-refractivity contribution is 0.311. The number of unbranched alkanes of at least 4 members (excludes halogenated alkanes) is 1. The molecule has 1 fully saturated rings. The number of aromatic amines is 1. The highest BCUT2D eigenvalue weighted by Gasteiger charge is 2.25. The molecule has 0 amide bonds. The average molecular weight is 574 g/mol. The van der Waals surface area contributed by atoms with Crippen LogP contribution >= 0.6 is 0 Å². The predicted octanol–water partition coefficient (Wildman–Crippen LogP) is 7.06. The normalized spacial score (nSPS) is 14.2. The Balaban J connectivity index is 1.67. The van der Waals surface area contributed by atoms with E-state index < -0.39 is 10.5 Å². The molecule has 8 nitrogen and oxygen atoms in total. The molecule has 1 saturated carbocycles. The number of rotatable bonds is 8. The van der Waals surface area contributed by atoms with Gasteiger partial charge in [0.05, 0.1) is 34.5 Å². The fraction of sp³-hybridized carbons (Fsp3) is 0.290. The van der Waals surface area contributed by atoms with Crippen molar-refractivity contribution in [2.75, 3.05) is 6.61 Å². The Morgan fingerprint density at radius 3 is 2.63 bits per heavy atom. The topological polar surface area (TPSA) is 114 Å². The molecule has 2 aromatic heterocycles. The molecule has 0 atom stereocenters. The highest BCUT2D eigenvalue weighted by molar-refractivity contribution is 7.81. The number of benzene rings is 3. The summed E-state index contributed by atoms with van der Waals surface area (Å²) in [5.74, 6) is 0.296. The number of hydrogen-bond acceptors (Lipinski definition) is 6. The summed E-state index contributed by atoms with van der Waals surface area (Å²) in [6, 6.07) is 17.4. The molecule has 41 heavy (non-hydrogen) atoms. The molecule has 210 valence electrons. The van der Waals surface area contributed by atoms with Gasteiger partial charge in [0.15, 0.2) is 5.43 Å². The number of pyridine rings is 1. The summed E-state index contributed by atoms with van der Waals surface area (Å²) in [6.45, 7) is 2.47. The SMILES string of the molecule is CCCCOc1cc2c(=O)c3c4ccc(C#N)cc4[nH]c3n(C3CCCC3)c2cc1-c1cccc(OS(=O)(=O)F)c1. The van der Waals surface area contributed by atoms with Gasteiger partial charge in [-0.1, -0.05) is 48.3 Å². The first-order valence-corrected chi connectivity index (χ1v) is 15.0. The van der Waals surface area contributed by atoms with E-state index in [1.807, 2.05) is 12.1 Å². The second kappa shape index (κ2) is 10.6. The maximum Gasteiger partial charge on any atom is 0.488 e.